The molecule has 0 atom stereocenters. The topological polar surface area (TPSA) is 85.8 Å². The van der Waals surface area contributed by atoms with Gasteiger partial charge in [0.05, 0.1) is 5.69 Å². The molecule has 0 saturated carbocycles. The maximum atomic E-state index is 12.7. The number of piperazine rings is 1. The van der Waals surface area contributed by atoms with Gasteiger partial charge in [-0.2, -0.15) is 13.2 Å². The smallest absolute Gasteiger partial charge is 0.475 e. The summed E-state index contributed by atoms with van der Waals surface area (Å²) in [4.78, 5) is 30.8. The molecular formula is C21H24BrF3N4O3S. The molecule has 180 valence electrons. The Morgan fingerprint density at radius 2 is 1.67 bits per heavy atom. The average Bonchev–Trinajstić information content (AvgIpc) is 3.30. The molecule has 33 heavy (non-hydrogen) atoms. The lowest BCUT2D eigenvalue weighted by Crippen LogP contribution is -2.50. The summed E-state index contributed by atoms with van der Waals surface area (Å²) < 4.78 is 32.8. The Kier molecular flexibility index (Phi) is 8.71. The van der Waals surface area contributed by atoms with Crippen molar-refractivity contribution in [1.29, 1.82) is 0 Å². The van der Waals surface area contributed by atoms with Crippen molar-refractivity contribution in [3.05, 3.63) is 34.1 Å². The number of hydrogen-bond donors (Lipinski definition) is 2. The van der Waals surface area contributed by atoms with E-state index in [4.69, 9.17) is 14.9 Å². The number of piperidine rings is 1. The summed E-state index contributed by atoms with van der Waals surface area (Å²) in [6.45, 7) is 5.36. The zero-order valence-electron chi connectivity index (χ0n) is 17.6. The van der Waals surface area contributed by atoms with Crippen LogP contribution >= 0.6 is 27.3 Å². The van der Waals surface area contributed by atoms with E-state index in [9.17, 15) is 18.0 Å². The highest BCUT2D eigenvalue weighted by molar-refractivity contribution is 9.10. The van der Waals surface area contributed by atoms with Gasteiger partial charge < -0.3 is 20.2 Å². The van der Waals surface area contributed by atoms with Gasteiger partial charge in [0.2, 0.25) is 5.91 Å². The van der Waals surface area contributed by atoms with Crippen LogP contribution in [0.15, 0.2) is 34.1 Å². The van der Waals surface area contributed by atoms with Gasteiger partial charge in [-0.25, -0.2) is 9.78 Å². The van der Waals surface area contributed by atoms with Gasteiger partial charge in [0.15, 0.2) is 5.13 Å². The molecule has 2 aliphatic rings. The van der Waals surface area contributed by atoms with Crippen LogP contribution in [0.4, 0.5) is 18.3 Å². The van der Waals surface area contributed by atoms with E-state index < -0.39 is 12.1 Å². The van der Waals surface area contributed by atoms with Crippen LogP contribution < -0.4 is 10.2 Å². The normalized spacial score (nSPS) is 17.3. The number of benzene rings is 1. The van der Waals surface area contributed by atoms with Gasteiger partial charge in [0, 0.05) is 60.6 Å². The minimum absolute atomic E-state index is 0.176. The molecule has 2 aromatic rings. The number of thiazole rings is 1. The second kappa shape index (κ2) is 11.3. The molecule has 0 radical (unpaired) electrons. The van der Waals surface area contributed by atoms with Gasteiger partial charge in [-0.05, 0) is 25.0 Å². The Bertz CT molecular complexity index is 941. The van der Waals surface area contributed by atoms with Crippen molar-refractivity contribution >= 4 is 44.3 Å². The number of hydrogen-bond acceptors (Lipinski definition) is 6. The molecule has 0 aliphatic carbocycles. The Hall–Kier alpha value is -2.18. The number of amides is 1. The van der Waals surface area contributed by atoms with Crippen LogP contribution in [0.25, 0.3) is 11.3 Å². The highest BCUT2D eigenvalue weighted by Gasteiger charge is 2.38. The van der Waals surface area contributed by atoms with Crippen LogP contribution in [0, 0.1) is 5.92 Å². The number of alkyl halides is 3. The predicted octanol–water partition coefficient (Wildman–Crippen LogP) is 3.85. The van der Waals surface area contributed by atoms with Crippen molar-refractivity contribution < 1.29 is 27.9 Å². The summed E-state index contributed by atoms with van der Waals surface area (Å²) in [6.07, 6.45) is -3.23. The van der Waals surface area contributed by atoms with E-state index in [2.05, 4.69) is 43.7 Å². The summed E-state index contributed by atoms with van der Waals surface area (Å²) in [7, 11) is 0. The molecule has 2 fully saturated rings. The minimum Gasteiger partial charge on any atom is -0.475 e. The number of carboxylic acids is 1. The van der Waals surface area contributed by atoms with Gasteiger partial charge in [0.25, 0.3) is 0 Å². The predicted molar refractivity (Wildman–Crippen MR) is 123 cm³/mol. The van der Waals surface area contributed by atoms with Crippen molar-refractivity contribution in [1.82, 2.24) is 15.2 Å². The van der Waals surface area contributed by atoms with Crippen molar-refractivity contribution in [2.45, 2.75) is 19.0 Å². The number of nitrogens with zero attached hydrogens (tertiary/aromatic N) is 3. The maximum absolute atomic E-state index is 12.7. The molecule has 1 amide bonds. The molecule has 12 heteroatoms. The van der Waals surface area contributed by atoms with E-state index in [1.54, 1.807) is 11.3 Å². The molecular weight excluding hydrogens is 525 g/mol. The molecule has 2 aliphatic heterocycles. The average molecular weight is 549 g/mol. The van der Waals surface area contributed by atoms with E-state index in [0.717, 1.165) is 73.0 Å². The number of nitrogens with one attached hydrogen (secondary N) is 1. The molecule has 3 heterocycles. The first-order valence-electron chi connectivity index (χ1n) is 10.4. The van der Waals surface area contributed by atoms with Crippen LogP contribution in [0.1, 0.15) is 12.8 Å². The molecule has 7 nitrogen and oxygen atoms in total. The summed E-state index contributed by atoms with van der Waals surface area (Å²) in [5.74, 6) is -2.23. The van der Waals surface area contributed by atoms with Gasteiger partial charge in [-0.15, -0.1) is 11.3 Å². The minimum atomic E-state index is -5.08. The van der Waals surface area contributed by atoms with Crippen LogP contribution in [0.3, 0.4) is 0 Å². The molecule has 4 rings (SSSR count). The van der Waals surface area contributed by atoms with Gasteiger partial charge in [-0.3, -0.25) is 4.79 Å². The molecule has 0 bridgehead atoms. The second-order valence-corrected chi connectivity index (χ2v) is 9.41. The Morgan fingerprint density at radius 3 is 2.21 bits per heavy atom. The quantitative estimate of drug-likeness (QED) is 0.605. The van der Waals surface area contributed by atoms with Crippen molar-refractivity contribution in [2.75, 3.05) is 44.2 Å². The van der Waals surface area contributed by atoms with Crippen LogP contribution in [-0.4, -0.2) is 72.3 Å². The highest BCUT2D eigenvalue weighted by atomic mass is 79.9. The lowest BCUT2D eigenvalue weighted by molar-refractivity contribution is -0.192. The number of carbonyl (C=O) groups excluding carboxylic acids is 1. The number of anilines is 1. The van der Waals surface area contributed by atoms with Gasteiger partial charge in [-0.1, -0.05) is 28.1 Å². The zero-order chi connectivity index (χ0) is 24.0. The van der Waals surface area contributed by atoms with Crippen molar-refractivity contribution in [2.24, 2.45) is 5.92 Å². The number of aromatic nitrogens is 1. The third kappa shape index (κ3) is 7.15. The summed E-state index contributed by atoms with van der Waals surface area (Å²) in [6, 6.07) is 8.26. The zero-order valence-corrected chi connectivity index (χ0v) is 20.0. The van der Waals surface area contributed by atoms with Crippen molar-refractivity contribution in [3.8, 4) is 11.3 Å². The molecule has 0 unspecified atom stereocenters. The number of aliphatic carboxylic acids is 1. The first-order valence-corrected chi connectivity index (χ1v) is 12.1. The number of rotatable bonds is 3. The molecule has 0 spiro atoms. The largest absolute Gasteiger partial charge is 0.490 e. The lowest BCUT2D eigenvalue weighted by Gasteiger charge is -2.35. The Labute approximate surface area is 201 Å². The van der Waals surface area contributed by atoms with E-state index in [1.807, 2.05) is 17.0 Å². The first kappa shape index (κ1) is 25.4. The third-order valence-corrected chi connectivity index (χ3v) is 6.85. The standard InChI is InChI=1S/C19H23BrN4OS.C2HF3O2/c20-16-3-1-14(2-4-16)17-13-26-19(22-17)24-9-5-15(6-10-24)18(25)23-11-7-21-8-12-23;3-2(4,5)1(6)7/h1-4,13,15,21H,5-12H2;(H,6,7). The lowest BCUT2D eigenvalue weighted by atomic mass is 9.95. The Balaban J connectivity index is 0.000000383. The summed E-state index contributed by atoms with van der Waals surface area (Å²) >= 11 is 5.16. The molecule has 2 N–H and O–H groups in total. The summed E-state index contributed by atoms with van der Waals surface area (Å²) in [5.41, 5.74) is 2.16. The molecule has 1 aromatic carbocycles. The van der Waals surface area contributed by atoms with E-state index in [0.29, 0.717) is 5.91 Å². The van der Waals surface area contributed by atoms with E-state index in [1.165, 1.54) is 0 Å². The Morgan fingerprint density at radius 1 is 1.09 bits per heavy atom. The number of carbonyl (C=O) groups is 2. The monoisotopic (exact) mass is 548 g/mol. The highest BCUT2D eigenvalue weighted by Crippen LogP contribution is 2.31. The number of carboxylic acid groups (broad SMARTS) is 1. The van der Waals surface area contributed by atoms with E-state index in [-0.39, 0.29) is 5.92 Å². The van der Waals surface area contributed by atoms with Crippen LogP contribution in [-0.2, 0) is 9.59 Å². The molecule has 1 aromatic heterocycles. The summed E-state index contributed by atoms with van der Waals surface area (Å²) in [5, 5.41) is 13.6. The molecule has 2 saturated heterocycles. The number of halogens is 4. The van der Waals surface area contributed by atoms with Gasteiger partial charge >= 0.3 is 12.1 Å². The van der Waals surface area contributed by atoms with Crippen LogP contribution in [0.5, 0.6) is 0 Å². The fourth-order valence-corrected chi connectivity index (χ4v) is 4.78. The third-order valence-electron chi connectivity index (χ3n) is 5.42. The van der Waals surface area contributed by atoms with E-state index >= 15 is 0 Å². The van der Waals surface area contributed by atoms with Crippen LogP contribution in [0.2, 0.25) is 0 Å². The first-order chi connectivity index (χ1) is 15.6. The fourth-order valence-electron chi connectivity index (χ4n) is 3.62. The maximum Gasteiger partial charge on any atom is 0.490 e. The van der Waals surface area contributed by atoms with Gasteiger partial charge in [0.1, 0.15) is 0 Å². The van der Waals surface area contributed by atoms with Crippen molar-refractivity contribution in [3.63, 3.8) is 0 Å². The fraction of sp³-hybridized carbons (Fsp3) is 0.476. The SMILES string of the molecule is O=C(C1CCN(c2nc(-c3ccc(Br)cc3)cs2)CC1)N1CCNCC1.O=C(O)C(F)(F)F. The second-order valence-electron chi connectivity index (χ2n) is 7.66.